The number of anilines is 1. The molecule has 1 N–H and O–H groups in total. The molecule has 2 fully saturated rings. The van der Waals surface area contributed by atoms with E-state index in [9.17, 15) is 9.50 Å². The van der Waals surface area contributed by atoms with Crippen molar-refractivity contribution in [1.82, 2.24) is 19.9 Å². The minimum absolute atomic E-state index is 0.00919. The van der Waals surface area contributed by atoms with Gasteiger partial charge in [0.25, 0.3) is 0 Å². The normalized spacial score (nSPS) is 18.1. The molecule has 198 valence electrons. The summed E-state index contributed by atoms with van der Waals surface area (Å²) >= 11 is 0. The average Bonchev–Trinajstić information content (AvgIpc) is 3.51. The first-order chi connectivity index (χ1) is 18.9. The fourth-order valence-electron chi connectivity index (χ4n) is 6.70. The molecule has 4 aromatic rings. The number of nitrogens with zero attached hydrogens (tertiary/aromatic N) is 5. The van der Waals surface area contributed by atoms with Crippen LogP contribution in [0.5, 0.6) is 11.8 Å². The summed E-state index contributed by atoms with van der Waals surface area (Å²) in [6.07, 6.45) is 10.6. The van der Waals surface area contributed by atoms with Crippen molar-refractivity contribution in [1.29, 1.82) is 0 Å². The maximum atomic E-state index is 16.5. The lowest BCUT2D eigenvalue weighted by Gasteiger charge is -2.31. The van der Waals surface area contributed by atoms with Crippen molar-refractivity contribution in [3.8, 4) is 35.4 Å². The van der Waals surface area contributed by atoms with E-state index in [4.69, 9.17) is 11.2 Å². The van der Waals surface area contributed by atoms with Gasteiger partial charge < -0.3 is 14.7 Å². The van der Waals surface area contributed by atoms with Gasteiger partial charge in [0.1, 0.15) is 35.2 Å². The van der Waals surface area contributed by atoms with Crippen LogP contribution in [0.2, 0.25) is 0 Å². The van der Waals surface area contributed by atoms with Crippen molar-refractivity contribution in [3.63, 3.8) is 0 Å². The molecule has 2 aromatic carbocycles. The number of ether oxygens (including phenoxy) is 1. The minimum Gasteiger partial charge on any atom is -0.508 e. The molecule has 0 atom stereocenters. The molecule has 0 aliphatic carbocycles. The molecule has 2 aromatic heterocycles. The quantitative estimate of drug-likeness (QED) is 0.382. The molecule has 9 heteroatoms. The van der Waals surface area contributed by atoms with Crippen molar-refractivity contribution in [2.24, 2.45) is 0 Å². The summed E-state index contributed by atoms with van der Waals surface area (Å²) in [5.41, 5.74) is 0.862. The van der Waals surface area contributed by atoms with Crippen LogP contribution in [0.4, 0.5) is 14.6 Å². The number of hydrogen-bond acceptors (Lipinski definition) is 7. The highest BCUT2D eigenvalue weighted by Gasteiger charge is 2.45. The number of phenolic OH excluding ortho intramolecular Hbond substituents is 1. The van der Waals surface area contributed by atoms with E-state index in [1.165, 1.54) is 24.3 Å². The van der Waals surface area contributed by atoms with Crippen LogP contribution < -0.4 is 9.64 Å². The average molecular weight is 528 g/mol. The van der Waals surface area contributed by atoms with Crippen LogP contribution in [-0.2, 0) is 6.42 Å². The molecule has 0 spiro atoms. The van der Waals surface area contributed by atoms with Gasteiger partial charge >= 0.3 is 6.01 Å². The van der Waals surface area contributed by atoms with Crippen molar-refractivity contribution in [3.05, 3.63) is 47.2 Å². The number of hydrogen-bond donors (Lipinski definition) is 1. The molecule has 7 nitrogen and oxygen atoms in total. The Hall–Kier alpha value is -4.03. The molecule has 2 saturated heterocycles. The SMILES string of the molecule is C#Cc1c(F)ccc2cc(O)cc(-c3nc4c5c(nc(OCC67CCCN6CCC7)nc5c3F)N(C)CC4)c12. The van der Waals surface area contributed by atoms with E-state index in [1.807, 2.05) is 11.9 Å². The van der Waals surface area contributed by atoms with Crippen molar-refractivity contribution in [2.75, 3.05) is 38.2 Å². The highest BCUT2D eigenvalue weighted by Crippen LogP contribution is 2.42. The molecule has 3 aliphatic rings. The highest BCUT2D eigenvalue weighted by molar-refractivity contribution is 6.03. The van der Waals surface area contributed by atoms with E-state index < -0.39 is 11.6 Å². The molecular weight excluding hydrogens is 500 g/mol. The smallest absolute Gasteiger partial charge is 0.319 e. The topological polar surface area (TPSA) is 74.6 Å². The fourth-order valence-corrected chi connectivity index (χ4v) is 6.70. The molecule has 7 rings (SSSR count). The van der Waals surface area contributed by atoms with Crippen molar-refractivity contribution >= 4 is 27.5 Å². The second kappa shape index (κ2) is 8.75. The summed E-state index contributed by atoms with van der Waals surface area (Å²) in [5, 5.41) is 11.8. The number of aromatic nitrogens is 3. The Morgan fingerprint density at radius 1 is 1.08 bits per heavy atom. The third-order valence-electron chi connectivity index (χ3n) is 8.60. The van der Waals surface area contributed by atoms with Crippen LogP contribution in [0, 0.1) is 24.0 Å². The zero-order chi connectivity index (χ0) is 26.9. The van der Waals surface area contributed by atoms with E-state index >= 15 is 4.39 Å². The van der Waals surface area contributed by atoms with Gasteiger partial charge in [-0.2, -0.15) is 9.97 Å². The fraction of sp³-hybridized carbons (Fsp3) is 0.367. The summed E-state index contributed by atoms with van der Waals surface area (Å²) in [6, 6.07) is 5.71. The zero-order valence-corrected chi connectivity index (χ0v) is 21.6. The Labute approximate surface area is 224 Å². The van der Waals surface area contributed by atoms with Gasteiger partial charge in [-0.1, -0.05) is 12.0 Å². The largest absolute Gasteiger partial charge is 0.508 e. The molecule has 0 saturated carbocycles. The standard InChI is InChI=1S/C30H27F2N5O2/c1-3-19-21(31)7-6-17-14-18(38)15-20(23(17)19)26-25(32)27-24-22(33-26)8-13-36(2)28(24)35-29(34-27)39-16-30-9-4-11-37(30)12-5-10-30/h1,6-7,14-15,38H,4-5,8-13,16H2,2H3. The van der Waals surface area contributed by atoms with Crippen LogP contribution in [0.1, 0.15) is 36.9 Å². The van der Waals surface area contributed by atoms with Gasteiger partial charge in [-0.25, -0.2) is 13.8 Å². The number of aromatic hydroxyl groups is 1. The number of fused-ring (bicyclic) bond motifs is 2. The Balaban J connectivity index is 1.42. The Morgan fingerprint density at radius 3 is 2.64 bits per heavy atom. The first-order valence-electron chi connectivity index (χ1n) is 13.3. The molecule has 0 unspecified atom stereocenters. The molecule has 39 heavy (non-hydrogen) atoms. The van der Waals surface area contributed by atoms with Gasteiger partial charge in [0.05, 0.1) is 22.2 Å². The number of terminal acetylenes is 1. The van der Waals surface area contributed by atoms with Gasteiger partial charge in [-0.3, -0.25) is 4.90 Å². The molecule has 0 amide bonds. The van der Waals surface area contributed by atoms with Crippen LogP contribution in [0.15, 0.2) is 24.3 Å². The van der Waals surface area contributed by atoms with Crippen LogP contribution in [-0.4, -0.2) is 63.8 Å². The van der Waals surface area contributed by atoms with Gasteiger partial charge in [0.2, 0.25) is 0 Å². The lowest BCUT2D eigenvalue weighted by Crippen LogP contribution is -2.43. The maximum absolute atomic E-state index is 16.5. The second-order valence-electron chi connectivity index (χ2n) is 10.8. The van der Waals surface area contributed by atoms with Gasteiger partial charge in [-0.15, -0.1) is 6.42 Å². The second-order valence-corrected chi connectivity index (χ2v) is 10.8. The number of rotatable bonds is 4. The molecule has 0 bridgehead atoms. The summed E-state index contributed by atoms with van der Waals surface area (Å²) in [7, 11) is 1.90. The first-order valence-corrected chi connectivity index (χ1v) is 13.3. The van der Waals surface area contributed by atoms with Gasteiger partial charge in [0.15, 0.2) is 5.82 Å². The summed E-state index contributed by atoms with van der Waals surface area (Å²) in [5.74, 6) is 1.55. The van der Waals surface area contributed by atoms with E-state index in [2.05, 4.69) is 25.8 Å². The summed E-state index contributed by atoms with van der Waals surface area (Å²) < 4.78 is 37.4. The lowest BCUT2D eigenvalue weighted by atomic mass is 9.95. The summed E-state index contributed by atoms with van der Waals surface area (Å²) in [6.45, 7) is 3.22. The van der Waals surface area contributed by atoms with E-state index in [0.717, 1.165) is 38.8 Å². The Kier molecular flexibility index (Phi) is 5.39. The third-order valence-corrected chi connectivity index (χ3v) is 8.60. The number of phenols is 1. The number of pyridine rings is 1. The number of likely N-dealkylation sites (N-methyl/N-ethyl adjacent to an activating group) is 1. The highest BCUT2D eigenvalue weighted by atomic mass is 19.1. The van der Waals surface area contributed by atoms with E-state index in [0.29, 0.717) is 47.2 Å². The van der Waals surface area contributed by atoms with Crippen LogP contribution >= 0.6 is 0 Å². The van der Waals surface area contributed by atoms with E-state index in [1.54, 1.807) is 0 Å². The molecule has 5 heterocycles. The summed E-state index contributed by atoms with van der Waals surface area (Å²) in [4.78, 5) is 18.4. The maximum Gasteiger partial charge on any atom is 0.319 e. The van der Waals surface area contributed by atoms with Gasteiger partial charge in [-0.05, 0) is 62.4 Å². The van der Waals surface area contributed by atoms with Crippen LogP contribution in [0.3, 0.4) is 0 Å². The zero-order valence-electron chi connectivity index (χ0n) is 21.6. The monoisotopic (exact) mass is 527 g/mol. The van der Waals surface area contributed by atoms with Gasteiger partial charge in [0, 0.05) is 31.0 Å². The lowest BCUT2D eigenvalue weighted by molar-refractivity contribution is 0.108. The molecular formula is C30H27F2N5O2. The Morgan fingerprint density at radius 2 is 1.87 bits per heavy atom. The predicted octanol–water partition coefficient (Wildman–Crippen LogP) is 4.81. The third kappa shape index (κ3) is 3.62. The first kappa shape index (κ1) is 24.0. The molecule has 0 radical (unpaired) electrons. The predicted molar refractivity (Wildman–Crippen MR) is 145 cm³/mol. The molecule has 3 aliphatic heterocycles. The van der Waals surface area contributed by atoms with Crippen LogP contribution in [0.25, 0.3) is 32.9 Å². The van der Waals surface area contributed by atoms with E-state index in [-0.39, 0.29) is 39.6 Å². The number of benzene rings is 2. The minimum atomic E-state index is -0.696. The number of halogens is 2. The van der Waals surface area contributed by atoms with Crippen molar-refractivity contribution in [2.45, 2.75) is 37.6 Å². The van der Waals surface area contributed by atoms with Crippen molar-refractivity contribution < 1.29 is 18.6 Å². The Bertz CT molecular complexity index is 1710.